The van der Waals surface area contributed by atoms with Gasteiger partial charge in [0, 0.05) is 0 Å². The van der Waals surface area contributed by atoms with Crippen molar-refractivity contribution in [2.24, 2.45) is 50.2 Å². The minimum Gasteiger partial charge on any atom is -0.481 e. The second kappa shape index (κ2) is 22.4. The molecule has 8 fully saturated rings. The summed E-state index contributed by atoms with van der Waals surface area (Å²) in [5.41, 5.74) is -2.84. The first kappa shape index (κ1) is 61.4. The second-order valence-corrected chi connectivity index (χ2v) is 26.1. The van der Waals surface area contributed by atoms with Gasteiger partial charge in [0.05, 0.1) is 43.4 Å². The van der Waals surface area contributed by atoms with Crippen molar-refractivity contribution in [1.82, 2.24) is 0 Å². The Bertz CT molecular complexity index is 2220. The summed E-state index contributed by atoms with van der Waals surface area (Å²) in [5.74, 6) is -2.32. The molecule has 4 saturated heterocycles. The summed E-state index contributed by atoms with van der Waals surface area (Å²) >= 11 is 0. The number of aliphatic hydroxyl groups is 14. The van der Waals surface area contributed by atoms with Crippen LogP contribution < -0.4 is 0 Å². The van der Waals surface area contributed by atoms with Gasteiger partial charge in [-0.1, -0.05) is 46.3 Å². The zero-order valence-corrected chi connectivity index (χ0v) is 45.6. The Hall–Kier alpha value is -2.16. The van der Waals surface area contributed by atoms with Crippen molar-refractivity contribution < 1.29 is 124 Å². The maximum absolute atomic E-state index is 15.5. The minimum atomic E-state index is -2.08. The number of aliphatic carboxylic acids is 1. The number of carboxylic acids is 1. The Morgan fingerprint density at radius 3 is 1.66 bits per heavy atom. The third kappa shape index (κ3) is 9.95. The average molecular weight is 1140 g/mol. The lowest BCUT2D eigenvalue weighted by Gasteiger charge is -2.71. The molecular formula is C54H86O25. The van der Waals surface area contributed by atoms with E-state index in [0.717, 1.165) is 5.57 Å². The third-order valence-corrected chi connectivity index (χ3v) is 21.5. The zero-order chi connectivity index (χ0) is 57.9. The van der Waals surface area contributed by atoms with Crippen molar-refractivity contribution >= 4 is 11.9 Å². The van der Waals surface area contributed by atoms with E-state index in [1.165, 1.54) is 0 Å². The highest BCUT2D eigenvalue weighted by molar-refractivity contribution is 5.79. The molecule has 5 aliphatic carbocycles. The third-order valence-electron chi connectivity index (χ3n) is 21.5. The van der Waals surface area contributed by atoms with E-state index >= 15 is 4.79 Å². The average Bonchev–Trinajstić information content (AvgIpc) is 3.28. The van der Waals surface area contributed by atoms with E-state index in [1.807, 2.05) is 0 Å². The SMILES string of the molecule is CC1(C)CC[C@]2(C(=O)O[C@@H]3O[C@@H](CO[C@H]4O[C@@H](CO)[C@@H](O)[C@@H](O)[C@H]4O[C@H]4O[C@@H](CO)[C@@H](O)[C@@H](O)[C@H]4O)[C@@H](O)[C@@H](O[C@@H]4O[C@@H](CO)[C@@H](O)[C@@H](O)[C@@H]4O)[C@H]3O)CC[C@@]3(C)C(=CC[C@@H]4[C@@]5(C)CC[C@H](O)[C@@](C)(C(=O)O)[C@H]5CC[C@@]43C)[C@H]2C1. The molecule has 0 radical (unpaired) electrons. The van der Waals surface area contributed by atoms with Crippen molar-refractivity contribution in [3.05, 3.63) is 11.6 Å². The van der Waals surface area contributed by atoms with E-state index in [0.29, 0.717) is 64.2 Å². The Labute approximate surface area is 457 Å². The minimum absolute atomic E-state index is 0.0585. The first-order valence-electron chi connectivity index (χ1n) is 28.0. The van der Waals surface area contributed by atoms with Crippen LogP contribution in [0.3, 0.4) is 0 Å². The molecule has 25 heteroatoms. The Morgan fingerprint density at radius 2 is 1.09 bits per heavy atom. The van der Waals surface area contributed by atoms with Crippen LogP contribution >= 0.6 is 0 Å². The first-order chi connectivity index (χ1) is 37.0. The number of allylic oxidation sites excluding steroid dienone is 2. The fourth-order valence-corrected chi connectivity index (χ4v) is 16.3. The summed E-state index contributed by atoms with van der Waals surface area (Å²) in [6, 6.07) is 0. The fraction of sp³-hybridized carbons (Fsp3) is 0.926. The first-order valence-corrected chi connectivity index (χ1v) is 28.0. The van der Waals surface area contributed by atoms with Crippen molar-refractivity contribution in [3.8, 4) is 0 Å². The topological polar surface area (TPSA) is 411 Å². The van der Waals surface area contributed by atoms with Gasteiger partial charge in [-0.15, -0.1) is 0 Å². The van der Waals surface area contributed by atoms with Gasteiger partial charge in [-0.2, -0.15) is 0 Å². The molecule has 4 saturated carbocycles. The molecule has 9 rings (SSSR count). The van der Waals surface area contributed by atoms with Crippen LogP contribution in [0.5, 0.6) is 0 Å². The molecule has 452 valence electrons. The van der Waals surface area contributed by atoms with Crippen LogP contribution in [0.15, 0.2) is 11.6 Å². The lowest BCUT2D eigenvalue weighted by molar-refractivity contribution is -0.377. The molecule has 0 amide bonds. The van der Waals surface area contributed by atoms with E-state index in [9.17, 15) is 81.4 Å². The number of carboxylic acid groups (broad SMARTS) is 1. The van der Waals surface area contributed by atoms with Gasteiger partial charge in [0.25, 0.3) is 0 Å². The van der Waals surface area contributed by atoms with Crippen LogP contribution in [-0.4, -0.2) is 244 Å². The van der Waals surface area contributed by atoms with E-state index in [1.54, 1.807) is 6.92 Å². The molecule has 15 N–H and O–H groups in total. The Kier molecular flexibility index (Phi) is 17.4. The van der Waals surface area contributed by atoms with Crippen LogP contribution in [0.4, 0.5) is 0 Å². The predicted molar refractivity (Wildman–Crippen MR) is 265 cm³/mol. The number of carbonyl (C=O) groups excluding carboxylic acids is 1. The number of fused-ring (bicyclic) bond motifs is 7. The molecule has 4 heterocycles. The normalized spacial score (nSPS) is 53.5. The highest BCUT2D eigenvalue weighted by atomic mass is 16.8. The molecule has 25 nitrogen and oxygen atoms in total. The Balaban J connectivity index is 1.01. The highest BCUT2D eigenvalue weighted by Crippen LogP contribution is 2.76. The standard InChI is InChI=1S/C54H86O25/c1-49(2)13-15-54(16-14-51(4)22(23(54)17-49)7-8-28-50(3)11-10-30(58)53(6,47(69)70)29(50)9-12-52(28,51)5)48(71)79-45-40(68)41(77-43-38(66)35(63)31(59)24(18-55)73-43)34(62)27(76-45)21-72-46-42(37(65)33(61)26(20-57)75-46)78-44-39(67)36(64)32(60)25(19-56)74-44/h7,23-46,55-68H,8-21H2,1-6H3,(H,69,70)/t23-,24+,25+,26+,27+,28-,29+,30+,31-,32-,33-,34-,35-,36-,37-,38+,39-,40-,41-,42-,43+,44-,45+,46+,50-,51+,52+,53+,54+/m1/s1. The number of rotatable bonds is 13. The zero-order valence-electron chi connectivity index (χ0n) is 45.6. The van der Waals surface area contributed by atoms with E-state index in [-0.39, 0.29) is 28.6 Å². The molecule has 79 heavy (non-hydrogen) atoms. The molecule has 0 bridgehead atoms. The summed E-state index contributed by atoms with van der Waals surface area (Å²) in [6.07, 6.45) is -30.3. The summed E-state index contributed by atoms with van der Waals surface area (Å²) in [4.78, 5) is 28.5. The molecule has 29 atom stereocenters. The van der Waals surface area contributed by atoms with Gasteiger partial charge in [-0.05, 0) is 111 Å². The van der Waals surface area contributed by atoms with Crippen LogP contribution in [0.25, 0.3) is 0 Å². The molecule has 4 aliphatic heterocycles. The van der Waals surface area contributed by atoms with Crippen molar-refractivity contribution in [3.63, 3.8) is 0 Å². The number of ether oxygens (including phenoxy) is 8. The summed E-state index contributed by atoms with van der Waals surface area (Å²) in [6.45, 7) is 9.34. The molecule has 0 spiro atoms. The van der Waals surface area contributed by atoms with Crippen molar-refractivity contribution in [2.45, 2.75) is 235 Å². The van der Waals surface area contributed by atoms with Gasteiger partial charge < -0.3 is 114 Å². The lowest BCUT2D eigenvalue weighted by Crippen LogP contribution is -2.67. The van der Waals surface area contributed by atoms with Gasteiger partial charge in [0.1, 0.15) is 97.7 Å². The van der Waals surface area contributed by atoms with Crippen LogP contribution in [0, 0.1) is 50.2 Å². The summed E-state index contributed by atoms with van der Waals surface area (Å²) in [7, 11) is 0. The van der Waals surface area contributed by atoms with Gasteiger partial charge in [-0.3, -0.25) is 9.59 Å². The molecule has 9 aliphatic rings. The van der Waals surface area contributed by atoms with Gasteiger partial charge in [-0.25, -0.2) is 0 Å². The quantitative estimate of drug-likeness (QED) is 0.0647. The Morgan fingerprint density at radius 1 is 0.557 bits per heavy atom. The maximum atomic E-state index is 15.5. The van der Waals surface area contributed by atoms with Crippen molar-refractivity contribution in [1.29, 1.82) is 0 Å². The van der Waals surface area contributed by atoms with Gasteiger partial charge >= 0.3 is 11.9 Å². The van der Waals surface area contributed by atoms with Crippen LogP contribution in [0.1, 0.15) is 106 Å². The van der Waals surface area contributed by atoms with E-state index in [2.05, 4.69) is 40.7 Å². The number of esters is 1. The molecule has 0 aromatic heterocycles. The summed E-state index contributed by atoms with van der Waals surface area (Å²) in [5, 5.41) is 162. The highest BCUT2D eigenvalue weighted by Gasteiger charge is 2.71. The van der Waals surface area contributed by atoms with Crippen molar-refractivity contribution in [2.75, 3.05) is 26.4 Å². The van der Waals surface area contributed by atoms with Crippen LogP contribution in [-0.2, 0) is 47.5 Å². The fourth-order valence-electron chi connectivity index (χ4n) is 16.3. The molecule has 0 aromatic rings. The largest absolute Gasteiger partial charge is 0.481 e. The van der Waals surface area contributed by atoms with Gasteiger partial charge in [0.15, 0.2) is 18.9 Å². The van der Waals surface area contributed by atoms with E-state index < -0.39 is 189 Å². The van der Waals surface area contributed by atoms with Crippen LogP contribution in [0.2, 0.25) is 0 Å². The molecular weight excluding hydrogens is 1050 g/mol. The number of aliphatic hydroxyl groups excluding tert-OH is 14. The van der Waals surface area contributed by atoms with Gasteiger partial charge in [0.2, 0.25) is 6.29 Å². The number of hydrogen-bond donors (Lipinski definition) is 15. The summed E-state index contributed by atoms with van der Waals surface area (Å²) < 4.78 is 47.2. The number of hydrogen-bond acceptors (Lipinski definition) is 24. The number of carbonyl (C=O) groups is 2. The maximum Gasteiger partial charge on any atom is 0.315 e. The monoisotopic (exact) mass is 1130 g/mol. The second-order valence-electron chi connectivity index (χ2n) is 26.1. The predicted octanol–water partition coefficient (Wildman–Crippen LogP) is -2.97. The molecule has 0 unspecified atom stereocenters. The van der Waals surface area contributed by atoms with E-state index in [4.69, 9.17) is 37.9 Å². The smallest absolute Gasteiger partial charge is 0.315 e. The molecule has 0 aromatic carbocycles. The lowest BCUT2D eigenvalue weighted by atomic mass is 9.33.